The Morgan fingerprint density at radius 3 is 2.83 bits per heavy atom. The molecule has 120 valence electrons. The number of nitrogens with zero attached hydrogens (tertiary/aromatic N) is 3. The lowest BCUT2D eigenvalue weighted by Crippen LogP contribution is -2.27. The van der Waals surface area contributed by atoms with E-state index in [4.69, 9.17) is 10.00 Å². The molecule has 1 aliphatic rings. The third-order valence-corrected chi connectivity index (χ3v) is 4.08. The number of nitrogens with one attached hydrogen (secondary N) is 1. The van der Waals surface area contributed by atoms with Gasteiger partial charge < -0.3 is 4.74 Å². The first kappa shape index (κ1) is 15.4. The van der Waals surface area contributed by atoms with Gasteiger partial charge in [-0.1, -0.05) is 12.1 Å². The van der Waals surface area contributed by atoms with Gasteiger partial charge in [-0.15, -0.1) is 5.10 Å². The second-order valence-electron chi connectivity index (χ2n) is 5.77. The molecular formula is C16H16F2N4O. The van der Waals surface area contributed by atoms with Gasteiger partial charge in [-0.2, -0.15) is 15.6 Å². The van der Waals surface area contributed by atoms with Crippen LogP contribution in [0, 0.1) is 17.2 Å². The molecule has 1 aromatic carbocycles. The Hall–Kier alpha value is -2.49. The second-order valence-corrected chi connectivity index (χ2v) is 5.77. The minimum Gasteiger partial charge on any atom is -0.493 e. The first-order valence-corrected chi connectivity index (χ1v) is 7.49. The fraction of sp³-hybridized carbons (Fsp3) is 0.438. The zero-order valence-electron chi connectivity index (χ0n) is 12.4. The van der Waals surface area contributed by atoms with Gasteiger partial charge >= 0.3 is 0 Å². The van der Waals surface area contributed by atoms with E-state index in [0.717, 1.165) is 5.56 Å². The van der Waals surface area contributed by atoms with Crippen LogP contribution in [0.1, 0.15) is 31.4 Å². The maximum atomic E-state index is 13.1. The van der Waals surface area contributed by atoms with Crippen molar-refractivity contribution in [2.24, 2.45) is 5.92 Å². The van der Waals surface area contributed by atoms with Crippen molar-refractivity contribution in [3.8, 4) is 23.1 Å². The summed E-state index contributed by atoms with van der Waals surface area (Å²) in [5.74, 6) is -1.73. The second kappa shape index (κ2) is 6.32. The van der Waals surface area contributed by atoms with Gasteiger partial charge in [0.1, 0.15) is 17.5 Å². The Bertz CT molecular complexity index is 713. The predicted molar refractivity (Wildman–Crippen MR) is 78.9 cm³/mol. The van der Waals surface area contributed by atoms with Gasteiger partial charge in [-0.05, 0) is 30.9 Å². The predicted octanol–water partition coefficient (Wildman–Crippen LogP) is 3.55. The average Bonchev–Trinajstić information content (AvgIpc) is 3.03. The molecule has 1 aromatic heterocycles. The molecule has 0 unspecified atom stereocenters. The Balaban J connectivity index is 1.64. The van der Waals surface area contributed by atoms with E-state index in [2.05, 4.69) is 15.4 Å². The molecule has 1 fully saturated rings. The van der Waals surface area contributed by atoms with Gasteiger partial charge in [-0.3, -0.25) is 0 Å². The maximum Gasteiger partial charge on any atom is 0.248 e. The van der Waals surface area contributed by atoms with Crippen LogP contribution >= 0.6 is 0 Å². The highest BCUT2D eigenvalue weighted by molar-refractivity contribution is 5.65. The summed E-state index contributed by atoms with van der Waals surface area (Å²) in [6.07, 6.45) is 0.834. The van der Waals surface area contributed by atoms with E-state index in [1.165, 1.54) is 0 Å². The smallest absolute Gasteiger partial charge is 0.248 e. The minimum absolute atomic E-state index is 0.0640. The van der Waals surface area contributed by atoms with Gasteiger partial charge in [0.05, 0.1) is 6.61 Å². The molecule has 3 rings (SSSR count). The largest absolute Gasteiger partial charge is 0.493 e. The summed E-state index contributed by atoms with van der Waals surface area (Å²) in [5.41, 5.74) is 1.41. The van der Waals surface area contributed by atoms with Gasteiger partial charge in [0.25, 0.3) is 0 Å². The molecular weight excluding hydrogens is 302 g/mol. The van der Waals surface area contributed by atoms with Gasteiger partial charge in [-0.25, -0.2) is 8.78 Å². The lowest BCUT2D eigenvalue weighted by Gasteiger charge is -2.28. The molecule has 2 aromatic rings. The molecule has 1 N–H and O–H groups in total. The number of hydrogen-bond donors (Lipinski definition) is 1. The van der Waals surface area contributed by atoms with Crippen molar-refractivity contribution in [1.82, 2.24) is 15.4 Å². The normalized spacial score (nSPS) is 17.6. The third-order valence-electron chi connectivity index (χ3n) is 4.08. The molecule has 0 saturated heterocycles. The van der Waals surface area contributed by atoms with E-state index in [9.17, 15) is 8.78 Å². The molecule has 0 bridgehead atoms. The van der Waals surface area contributed by atoms with Crippen molar-refractivity contribution in [2.75, 3.05) is 6.61 Å². The van der Waals surface area contributed by atoms with Crippen molar-refractivity contribution in [3.05, 3.63) is 30.0 Å². The first-order chi connectivity index (χ1) is 11.1. The van der Waals surface area contributed by atoms with E-state index in [1.807, 2.05) is 12.1 Å². The summed E-state index contributed by atoms with van der Waals surface area (Å²) in [4.78, 5) is 0. The van der Waals surface area contributed by atoms with Crippen LogP contribution in [0.15, 0.2) is 24.3 Å². The number of hydrogen-bond acceptors (Lipinski definition) is 4. The van der Waals surface area contributed by atoms with Crippen LogP contribution < -0.4 is 4.74 Å². The number of nitriles is 1. The first-order valence-electron chi connectivity index (χ1n) is 7.49. The number of halogens is 2. The van der Waals surface area contributed by atoms with Crippen LogP contribution in [0.3, 0.4) is 0 Å². The lowest BCUT2D eigenvalue weighted by atomic mass is 9.87. The number of alkyl halides is 2. The van der Waals surface area contributed by atoms with Crippen LogP contribution in [-0.2, 0) is 0 Å². The van der Waals surface area contributed by atoms with Crippen LogP contribution in [0.2, 0.25) is 0 Å². The van der Waals surface area contributed by atoms with E-state index in [1.54, 1.807) is 18.2 Å². The van der Waals surface area contributed by atoms with E-state index >= 15 is 0 Å². The van der Waals surface area contributed by atoms with E-state index < -0.39 is 5.92 Å². The van der Waals surface area contributed by atoms with E-state index in [-0.39, 0.29) is 24.5 Å². The van der Waals surface area contributed by atoms with Crippen LogP contribution in [0.5, 0.6) is 5.75 Å². The molecule has 0 atom stereocenters. The lowest BCUT2D eigenvalue weighted by molar-refractivity contribution is -0.0498. The van der Waals surface area contributed by atoms with Crippen LogP contribution in [-0.4, -0.2) is 27.9 Å². The summed E-state index contributed by atoms with van der Waals surface area (Å²) in [5, 5.41) is 19.1. The number of ether oxygens (including phenoxy) is 1. The minimum atomic E-state index is -2.52. The highest BCUT2D eigenvalue weighted by Crippen LogP contribution is 2.36. The quantitative estimate of drug-likeness (QED) is 0.935. The molecule has 0 spiro atoms. The van der Waals surface area contributed by atoms with Gasteiger partial charge in [0.15, 0.2) is 5.69 Å². The Morgan fingerprint density at radius 1 is 1.30 bits per heavy atom. The Labute approximate surface area is 132 Å². The summed E-state index contributed by atoms with van der Waals surface area (Å²) in [6, 6.07) is 9.15. The molecule has 0 radical (unpaired) electrons. The standard InChI is InChI=1S/C16H16F2N4O/c17-16(18)6-4-11(5-7-16)10-23-13-3-1-2-12(8-13)15-14(9-19)20-22-21-15/h1-3,8,11H,4-7,10H2,(H,20,21,22). The maximum absolute atomic E-state index is 13.1. The van der Waals surface area contributed by atoms with Crippen molar-refractivity contribution < 1.29 is 13.5 Å². The average molecular weight is 318 g/mol. The highest BCUT2D eigenvalue weighted by atomic mass is 19.3. The number of rotatable bonds is 4. The summed E-state index contributed by atoms with van der Waals surface area (Å²) >= 11 is 0. The molecule has 5 nitrogen and oxygen atoms in total. The molecule has 7 heteroatoms. The third kappa shape index (κ3) is 3.65. The summed E-state index contributed by atoms with van der Waals surface area (Å²) in [6.45, 7) is 0.420. The molecule has 0 aliphatic heterocycles. The summed E-state index contributed by atoms with van der Waals surface area (Å²) in [7, 11) is 0. The molecule has 1 aliphatic carbocycles. The van der Waals surface area contributed by atoms with Gasteiger partial charge in [0.2, 0.25) is 5.92 Å². The van der Waals surface area contributed by atoms with Crippen molar-refractivity contribution >= 4 is 0 Å². The van der Waals surface area contributed by atoms with Crippen LogP contribution in [0.25, 0.3) is 11.3 Å². The molecule has 1 heterocycles. The molecule has 23 heavy (non-hydrogen) atoms. The number of H-pyrrole nitrogens is 1. The zero-order chi connectivity index (χ0) is 16.3. The van der Waals surface area contributed by atoms with Crippen molar-refractivity contribution in [3.63, 3.8) is 0 Å². The van der Waals surface area contributed by atoms with Crippen molar-refractivity contribution in [2.45, 2.75) is 31.6 Å². The van der Waals surface area contributed by atoms with Gasteiger partial charge in [0, 0.05) is 18.4 Å². The number of aromatic amines is 1. The number of aromatic nitrogens is 3. The summed E-state index contributed by atoms with van der Waals surface area (Å²) < 4.78 is 32.0. The SMILES string of the molecule is N#Cc1n[nH]nc1-c1cccc(OCC2CCC(F)(F)CC2)c1. The monoisotopic (exact) mass is 318 g/mol. The fourth-order valence-corrected chi connectivity index (χ4v) is 2.72. The Morgan fingerprint density at radius 2 is 2.09 bits per heavy atom. The zero-order valence-corrected chi connectivity index (χ0v) is 12.4. The number of benzene rings is 1. The Kier molecular flexibility index (Phi) is 4.24. The topological polar surface area (TPSA) is 74.6 Å². The van der Waals surface area contributed by atoms with Crippen LogP contribution in [0.4, 0.5) is 8.78 Å². The molecule has 0 amide bonds. The fourth-order valence-electron chi connectivity index (χ4n) is 2.72. The molecule has 1 saturated carbocycles. The van der Waals surface area contributed by atoms with Crippen molar-refractivity contribution in [1.29, 1.82) is 5.26 Å². The highest BCUT2D eigenvalue weighted by Gasteiger charge is 2.35. The van der Waals surface area contributed by atoms with E-state index in [0.29, 0.717) is 30.9 Å².